The van der Waals surface area contributed by atoms with Crippen LogP contribution in [0.2, 0.25) is 0 Å². The van der Waals surface area contributed by atoms with E-state index in [4.69, 9.17) is 0 Å². The van der Waals surface area contributed by atoms with E-state index in [0.29, 0.717) is 5.75 Å². The molecule has 1 atom stereocenters. The number of aromatic nitrogens is 3. The van der Waals surface area contributed by atoms with Gasteiger partial charge in [-0.2, -0.15) is 0 Å². The fourth-order valence-corrected chi connectivity index (χ4v) is 5.29. The van der Waals surface area contributed by atoms with E-state index in [1.54, 1.807) is 0 Å². The number of aryl methyl sites for hydroxylation is 3. The normalized spacial score (nSPS) is 15.9. The second-order valence-electron chi connectivity index (χ2n) is 8.15. The summed E-state index contributed by atoms with van der Waals surface area (Å²) in [5, 5.41) is 10.8. The Labute approximate surface area is 180 Å². The van der Waals surface area contributed by atoms with Gasteiger partial charge in [0, 0.05) is 11.7 Å². The highest BCUT2D eigenvalue weighted by Crippen LogP contribution is 2.33. The summed E-state index contributed by atoms with van der Waals surface area (Å²) in [6.45, 7) is 8.42. The molecule has 2 aromatic carbocycles. The van der Waals surface area contributed by atoms with Crippen LogP contribution in [-0.2, 0) is 11.2 Å². The van der Waals surface area contributed by atoms with Crippen molar-refractivity contribution in [1.29, 1.82) is 0 Å². The number of anilines is 1. The molecule has 4 aromatic rings. The van der Waals surface area contributed by atoms with Gasteiger partial charge in [0.15, 0.2) is 10.8 Å². The predicted octanol–water partition coefficient (Wildman–Crippen LogP) is 4.88. The van der Waals surface area contributed by atoms with E-state index >= 15 is 0 Å². The summed E-state index contributed by atoms with van der Waals surface area (Å²) in [5.41, 5.74) is 7.78. The fraction of sp³-hybridized carbons (Fsp3) is 0.292. The van der Waals surface area contributed by atoms with Gasteiger partial charge >= 0.3 is 0 Å². The van der Waals surface area contributed by atoms with Crippen LogP contribution in [0.15, 0.2) is 47.6 Å². The highest BCUT2D eigenvalue weighted by Gasteiger charge is 2.30. The lowest BCUT2D eigenvalue weighted by molar-refractivity contribution is -0.116. The smallest absolute Gasteiger partial charge is 0.237 e. The number of carbonyl (C=O) groups excluding carboxylic acids is 1. The maximum atomic E-state index is 13.1. The number of thioether (sulfide) groups is 1. The van der Waals surface area contributed by atoms with E-state index in [1.807, 2.05) is 23.1 Å². The zero-order valence-electron chi connectivity index (χ0n) is 17.6. The van der Waals surface area contributed by atoms with Gasteiger partial charge in [-0.05, 0) is 73.9 Å². The molecule has 152 valence electrons. The largest absolute Gasteiger partial charge is 0.308 e. The molecule has 0 fully saturated rings. The molecule has 0 unspecified atom stereocenters. The Bertz CT molecular complexity index is 1310. The van der Waals surface area contributed by atoms with Gasteiger partial charge in [-0.15, -0.1) is 10.2 Å². The second-order valence-corrected chi connectivity index (χ2v) is 9.09. The fourth-order valence-electron chi connectivity index (χ4n) is 4.49. The summed E-state index contributed by atoms with van der Waals surface area (Å²) in [7, 11) is 0. The summed E-state index contributed by atoms with van der Waals surface area (Å²) in [5.74, 6) is 0.443. The number of carbonyl (C=O) groups is 1. The molecular weight excluding hydrogens is 392 g/mol. The first kappa shape index (κ1) is 19.1. The molecule has 5 nitrogen and oxygen atoms in total. The molecule has 0 N–H and O–H groups in total. The van der Waals surface area contributed by atoms with Crippen molar-refractivity contribution in [2.24, 2.45) is 0 Å². The van der Waals surface area contributed by atoms with Crippen LogP contribution in [0.25, 0.3) is 16.6 Å². The lowest BCUT2D eigenvalue weighted by Crippen LogP contribution is -2.37. The molecule has 1 aliphatic rings. The molecule has 1 amide bonds. The minimum atomic E-state index is 0.110. The van der Waals surface area contributed by atoms with Gasteiger partial charge in [-0.3, -0.25) is 9.20 Å². The molecule has 6 heteroatoms. The third kappa shape index (κ3) is 2.89. The van der Waals surface area contributed by atoms with Gasteiger partial charge in [0.1, 0.15) is 0 Å². The van der Waals surface area contributed by atoms with E-state index in [-0.39, 0.29) is 11.9 Å². The van der Waals surface area contributed by atoms with Crippen LogP contribution < -0.4 is 4.90 Å². The number of pyridine rings is 1. The van der Waals surface area contributed by atoms with Crippen LogP contribution in [-0.4, -0.2) is 32.3 Å². The molecule has 0 radical (unpaired) electrons. The molecular formula is C24H24N4OS. The van der Waals surface area contributed by atoms with E-state index in [1.165, 1.54) is 28.5 Å². The van der Waals surface area contributed by atoms with Gasteiger partial charge < -0.3 is 4.90 Å². The van der Waals surface area contributed by atoms with Crippen LogP contribution in [0.3, 0.4) is 0 Å². The lowest BCUT2D eigenvalue weighted by atomic mass is 10.0. The maximum Gasteiger partial charge on any atom is 0.237 e. The molecule has 30 heavy (non-hydrogen) atoms. The number of hydrogen-bond donors (Lipinski definition) is 0. The molecule has 0 saturated carbocycles. The zero-order valence-corrected chi connectivity index (χ0v) is 18.5. The van der Waals surface area contributed by atoms with Crippen molar-refractivity contribution in [2.45, 2.75) is 45.3 Å². The molecule has 2 aromatic heterocycles. The maximum absolute atomic E-state index is 13.1. The number of benzene rings is 2. The third-order valence-electron chi connectivity index (χ3n) is 6.12. The first-order valence-electron chi connectivity index (χ1n) is 10.2. The molecule has 5 rings (SSSR count). The summed E-state index contributed by atoms with van der Waals surface area (Å²) in [6.07, 6.45) is 0.906. The summed E-state index contributed by atoms with van der Waals surface area (Å²) in [4.78, 5) is 15.1. The van der Waals surface area contributed by atoms with Crippen molar-refractivity contribution < 1.29 is 4.79 Å². The molecule has 3 heterocycles. The van der Waals surface area contributed by atoms with Gasteiger partial charge in [0.2, 0.25) is 5.91 Å². The van der Waals surface area contributed by atoms with Crippen LogP contribution in [0.4, 0.5) is 5.69 Å². The Balaban J connectivity index is 1.51. The number of para-hydroxylation sites is 1. The van der Waals surface area contributed by atoms with Gasteiger partial charge in [0.05, 0.1) is 11.3 Å². The molecule has 0 saturated heterocycles. The Morgan fingerprint density at radius 1 is 1.10 bits per heavy atom. The van der Waals surface area contributed by atoms with Crippen LogP contribution in [0.5, 0.6) is 0 Å². The van der Waals surface area contributed by atoms with E-state index in [9.17, 15) is 4.79 Å². The number of amides is 1. The van der Waals surface area contributed by atoms with Crippen molar-refractivity contribution in [2.75, 3.05) is 10.7 Å². The number of nitrogens with zero attached hydrogens (tertiary/aromatic N) is 4. The highest BCUT2D eigenvalue weighted by molar-refractivity contribution is 7.99. The van der Waals surface area contributed by atoms with Crippen molar-refractivity contribution in [3.63, 3.8) is 0 Å². The summed E-state index contributed by atoms with van der Waals surface area (Å²) < 4.78 is 2.12. The molecule has 0 spiro atoms. The van der Waals surface area contributed by atoms with Gasteiger partial charge in [0.25, 0.3) is 0 Å². The molecule has 0 aliphatic carbocycles. The quantitative estimate of drug-likeness (QED) is 0.447. The Kier molecular flexibility index (Phi) is 4.54. The zero-order chi connectivity index (χ0) is 21.0. The second kappa shape index (κ2) is 7.13. The lowest BCUT2D eigenvalue weighted by Gasteiger charge is -2.22. The Morgan fingerprint density at radius 2 is 1.90 bits per heavy atom. The number of hydrogen-bond acceptors (Lipinski definition) is 4. The third-order valence-corrected chi connectivity index (χ3v) is 7.03. The average molecular weight is 417 g/mol. The first-order chi connectivity index (χ1) is 14.5. The van der Waals surface area contributed by atoms with Crippen LogP contribution in [0, 0.1) is 20.8 Å². The molecule has 0 bridgehead atoms. The van der Waals surface area contributed by atoms with Crippen molar-refractivity contribution in [3.05, 3.63) is 64.7 Å². The predicted molar refractivity (Wildman–Crippen MR) is 123 cm³/mol. The highest BCUT2D eigenvalue weighted by atomic mass is 32.2. The standard InChI is InChI=1S/C24H24N4OS/c1-14-9-10-19-11-15(2)23-25-26-24(28(23)22(19)17(14)4)30-13-21(29)27-16(3)12-18-7-5-6-8-20(18)27/h5-11,16H,12-13H2,1-4H3/t16-/m0/s1. The van der Waals surface area contributed by atoms with Crippen LogP contribution >= 0.6 is 11.8 Å². The van der Waals surface area contributed by atoms with Crippen molar-refractivity contribution in [3.8, 4) is 0 Å². The SMILES string of the molecule is Cc1ccc2cc(C)c3nnc(SCC(=O)N4c5ccccc5C[C@@H]4C)n3c2c1C. The summed E-state index contributed by atoms with van der Waals surface area (Å²) >= 11 is 1.46. The minimum Gasteiger partial charge on any atom is -0.308 e. The first-order valence-corrected chi connectivity index (χ1v) is 11.2. The Morgan fingerprint density at radius 3 is 2.73 bits per heavy atom. The number of fused-ring (bicyclic) bond motifs is 4. The van der Waals surface area contributed by atoms with Gasteiger partial charge in [-0.1, -0.05) is 42.1 Å². The van der Waals surface area contributed by atoms with E-state index < -0.39 is 0 Å². The monoisotopic (exact) mass is 416 g/mol. The summed E-state index contributed by atoms with van der Waals surface area (Å²) in [6, 6.07) is 14.8. The van der Waals surface area contributed by atoms with E-state index in [2.05, 4.69) is 66.6 Å². The average Bonchev–Trinajstić information content (AvgIpc) is 3.30. The minimum absolute atomic E-state index is 0.110. The topological polar surface area (TPSA) is 50.5 Å². The van der Waals surface area contributed by atoms with Crippen molar-refractivity contribution >= 4 is 39.9 Å². The molecule has 1 aliphatic heterocycles. The van der Waals surface area contributed by atoms with E-state index in [0.717, 1.165) is 39.4 Å². The Hall–Kier alpha value is -2.86. The van der Waals surface area contributed by atoms with Crippen LogP contribution in [0.1, 0.15) is 29.2 Å². The number of rotatable bonds is 3. The van der Waals surface area contributed by atoms with Gasteiger partial charge in [-0.25, -0.2) is 0 Å². The van der Waals surface area contributed by atoms with Crippen molar-refractivity contribution in [1.82, 2.24) is 14.6 Å².